The van der Waals surface area contributed by atoms with Crippen LogP contribution in [0.1, 0.15) is 43.1 Å². The van der Waals surface area contributed by atoms with Gasteiger partial charge in [-0.3, -0.25) is 9.48 Å². The topological polar surface area (TPSA) is 97.9 Å². The number of aryl methyl sites for hydroxylation is 1. The van der Waals surface area contributed by atoms with Gasteiger partial charge in [0, 0.05) is 32.2 Å². The summed E-state index contributed by atoms with van der Waals surface area (Å²) in [4.78, 5) is 23.9. The molecule has 1 aliphatic rings. The van der Waals surface area contributed by atoms with Gasteiger partial charge in [0.25, 0.3) is 0 Å². The van der Waals surface area contributed by atoms with Crippen LogP contribution in [0.3, 0.4) is 0 Å². The summed E-state index contributed by atoms with van der Waals surface area (Å²) >= 11 is 0. The quantitative estimate of drug-likeness (QED) is 0.585. The highest BCUT2D eigenvalue weighted by molar-refractivity contribution is 5.99. The Morgan fingerprint density at radius 1 is 1.43 bits per heavy atom. The van der Waals surface area contributed by atoms with Crippen LogP contribution in [0.25, 0.3) is 0 Å². The monoisotopic (exact) mass is 317 g/mol. The molecule has 23 heavy (non-hydrogen) atoms. The number of carbonyl (C=O) groups is 2. The SMILES string of the molecule is C#CCCC1(CCC(=O)Nc2cnn(CC)c2C(=O)OC)N=N1. The summed E-state index contributed by atoms with van der Waals surface area (Å²) in [5.74, 6) is 1.77. The molecule has 122 valence electrons. The van der Waals surface area contributed by atoms with Crippen LogP contribution in [-0.2, 0) is 16.1 Å². The first-order valence-electron chi connectivity index (χ1n) is 7.36. The van der Waals surface area contributed by atoms with E-state index in [1.54, 1.807) is 0 Å². The molecule has 0 saturated heterocycles. The van der Waals surface area contributed by atoms with Crippen molar-refractivity contribution in [2.45, 2.75) is 44.8 Å². The number of esters is 1. The number of rotatable bonds is 8. The molecule has 0 unspecified atom stereocenters. The Morgan fingerprint density at radius 3 is 2.74 bits per heavy atom. The minimum absolute atomic E-state index is 0.228. The molecule has 2 heterocycles. The minimum Gasteiger partial charge on any atom is -0.464 e. The van der Waals surface area contributed by atoms with E-state index in [2.05, 4.69) is 26.6 Å². The number of carbonyl (C=O) groups excluding carboxylic acids is 2. The van der Waals surface area contributed by atoms with E-state index in [9.17, 15) is 9.59 Å². The van der Waals surface area contributed by atoms with Crippen molar-refractivity contribution in [1.29, 1.82) is 0 Å². The summed E-state index contributed by atoms with van der Waals surface area (Å²) in [6, 6.07) is 0. The van der Waals surface area contributed by atoms with Gasteiger partial charge in [-0.25, -0.2) is 4.79 Å². The summed E-state index contributed by atoms with van der Waals surface area (Å²) in [7, 11) is 1.28. The third kappa shape index (κ3) is 3.94. The molecule has 0 spiro atoms. The van der Waals surface area contributed by atoms with Crippen LogP contribution in [0.5, 0.6) is 0 Å². The molecule has 1 aromatic rings. The van der Waals surface area contributed by atoms with Crippen molar-refractivity contribution < 1.29 is 14.3 Å². The number of hydrogen-bond donors (Lipinski definition) is 1. The predicted molar refractivity (Wildman–Crippen MR) is 82.8 cm³/mol. The third-order valence-electron chi connectivity index (χ3n) is 3.60. The molecule has 0 bridgehead atoms. The molecular weight excluding hydrogens is 298 g/mol. The van der Waals surface area contributed by atoms with Crippen molar-refractivity contribution >= 4 is 17.6 Å². The lowest BCUT2D eigenvalue weighted by molar-refractivity contribution is -0.116. The van der Waals surface area contributed by atoms with E-state index in [1.807, 2.05) is 6.92 Å². The van der Waals surface area contributed by atoms with Gasteiger partial charge < -0.3 is 10.1 Å². The van der Waals surface area contributed by atoms with Gasteiger partial charge in [0.1, 0.15) is 0 Å². The van der Waals surface area contributed by atoms with Crippen LogP contribution < -0.4 is 5.32 Å². The molecule has 0 atom stereocenters. The molecule has 0 aromatic carbocycles. The molecule has 0 aliphatic carbocycles. The number of terminal acetylenes is 1. The Kier molecular flexibility index (Phi) is 5.11. The summed E-state index contributed by atoms with van der Waals surface area (Å²) in [5.41, 5.74) is 0.0694. The maximum absolute atomic E-state index is 12.1. The molecule has 0 radical (unpaired) electrons. The number of nitrogens with zero attached hydrogens (tertiary/aromatic N) is 4. The Bertz CT molecular complexity index is 665. The van der Waals surface area contributed by atoms with Gasteiger partial charge in [0.15, 0.2) is 11.4 Å². The number of methoxy groups -OCH3 is 1. The van der Waals surface area contributed by atoms with E-state index in [0.29, 0.717) is 31.5 Å². The molecule has 1 N–H and O–H groups in total. The lowest BCUT2D eigenvalue weighted by Crippen LogP contribution is -2.19. The Labute approximate surface area is 134 Å². The average Bonchev–Trinajstić information content (AvgIpc) is 3.23. The lowest BCUT2D eigenvalue weighted by Gasteiger charge is -2.10. The lowest BCUT2D eigenvalue weighted by atomic mass is 10.0. The van der Waals surface area contributed by atoms with E-state index in [1.165, 1.54) is 18.0 Å². The number of nitrogens with one attached hydrogen (secondary N) is 1. The molecule has 1 aromatic heterocycles. The van der Waals surface area contributed by atoms with Crippen molar-refractivity contribution in [3.8, 4) is 12.3 Å². The van der Waals surface area contributed by atoms with Gasteiger partial charge in [0.2, 0.25) is 5.91 Å². The molecule has 8 nitrogen and oxygen atoms in total. The van der Waals surface area contributed by atoms with E-state index >= 15 is 0 Å². The zero-order valence-electron chi connectivity index (χ0n) is 13.2. The maximum Gasteiger partial charge on any atom is 0.358 e. The van der Waals surface area contributed by atoms with Crippen LogP contribution in [0.2, 0.25) is 0 Å². The van der Waals surface area contributed by atoms with Crippen LogP contribution in [-0.4, -0.2) is 34.4 Å². The highest BCUT2D eigenvalue weighted by Crippen LogP contribution is 2.37. The van der Waals surface area contributed by atoms with E-state index < -0.39 is 11.6 Å². The van der Waals surface area contributed by atoms with Crippen molar-refractivity contribution in [1.82, 2.24) is 9.78 Å². The third-order valence-corrected chi connectivity index (χ3v) is 3.60. The Hall–Kier alpha value is -2.69. The second-order valence-corrected chi connectivity index (χ2v) is 5.15. The minimum atomic E-state index is -0.544. The fourth-order valence-corrected chi connectivity index (χ4v) is 2.22. The van der Waals surface area contributed by atoms with Gasteiger partial charge in [-0.1, -0.05) is 0 Å². The van der Waals surface area contributed by atoms with E-state index in [-0.39, 0.29) is 18.0 Å². The van der Waals surface area contributed by atoms with E-state index in [4.69, 9.17) is 11.2 Å². The Morgan fingerprint density at radius 2 is 2.17 bits per heavy atom. The molecule has 8 heteroatoms. The number of anilines is 1. The Balaban J connectivity index is 1.95. The first-order chi connectivity index (χ1) is 11.0. The van der Waals surface area contributed by atoms with Gasteiger partial charge >= 0.3 is 5.97 Å². The first kappa shape index (κ1) is 16.7. The zero-order valence-corrected chi connectivity index (χ0v) is 13.2. The van der Waals surface area contributed by atoms with Gasteiger partial charge in [0.05, 0.1) is 19.0 Å². The average molecular weight is 317 g/mol. The zero-order chi connectivity index (χ0) is 16.9. The second-order valence-electron chi connectivity index (χ2n) is 5.15. The largest absolute Gasteiger partial charge is 0.464 e. The molecule has 0 fully saturated rings. The van der Waals surface area contributed by atoms with Crippen molar-refractivity contribution in [2.24, 2.45) is 10.2 Å². The van der Waals surface area contributed by atoms with Gasteiger partial charge in [-0.05, 0) is 6.92 Å². The van der Waals surface area contributed by atoms with Crippen LogP contribution in [0, 0.1) is 12.3 Å². The second kappa shape index (κ2) is 7.05. The molecular formula is C15H19N5O3. The highest BCUT2D eigenvalue weighted by Gasteiger charge is 2.39. The van der Waals surface area contributed by atoms with Crippen LogP contribution in [0.15, 0.2) is 16.4 Å². The maximum atomic E-state index is 12.1. The smallest absolute Gasteiger partial charge is 0.358 e. The number of aromatic nitrogens is 2. The van der Waals surface area contributed by atoms with Crippen molar-refractivity contribution in [2.75, 3.05) is 12.4 Å². The molecule has 1 aliphatic heterocycles. The van der Waals surface area contributed by atoms with E-state index in [0.717, 1.165) is 0 Å². The fourth-order valence-electron chi connectivity index (χ4n) is 2.22. The van der Waals surface area contributed by atoms with Gasteiger partial charge in [-0.15, -0.1) is 12.3 Å². The standard InChI is InChI=1S/C15H19N5O3/c1-4-6-8-15(18-19-15)9-7-12(21)17-11-10-16-20(5-2)13(11)14(22)23-3/h1,10H,5-9H2,2-3H3,(H,17,21). The normalized spacial score (nSPS) is 14.1. The first-order valence-corrected chi connectivity index (χ1v) is 7.36. The number of hydrogen-bond acceptors (Lipinski definition) is 6. The fraction of sp³-hybridized carbons (Fsp3) is 0.533. The number of amides is 1. The summed E-state index contributed by atoms with van der Waals surface area (Å²) in [5, 5.41) is 14.7. The molecule has 1 amide bonds. The molecule has 2 rings (SSSR count). The van der Waals surface area contributed by atoms with Crippen LogP contribution >= 0.6 is 0 Å². The summed E-state index contributed by atoms with van der Waals surface area (Å²) in [6.07, 6.45) is 8.62. The van der Waals surface area contributed by atoms with Gasteiger partial charge in [-0.2, -0.15) is 15.3 Å². The predicted octanol–water partition coefficient (Wildman–Crippen LogP) is 1.98. The van der Waals surface area contributed by atoms with Crippen molar-refractivity contribution in [3.05, 3.63) is 11.9 Å². The summed E-state index contributed by atoms with van der Waals surface area (Å²) < 4.78 is 6.20. The van der Waals surface area contributed by atoms with Crippen molar-refractivity contribution in [3.63, 3.8) is 0 Å². The number of ether oxygens (including phenoxy) is 1. The summed E-state index contributed by atoms with van der Waals surface area (Å²) in [6.45, 7) is 2.34. The molecule has 0 saturated carbocycles. The highest BCUT2D eigenvalue weighted by atomic mass is 16.5. The van der Waals surface area contributed by atoms with Crippen LogP contribution in [0.4, 0.5) is 5.69 Å².